The zero-order valence-electron chi connectivity index (χ0n) is 18.7. The van der Waals surface area contributed by atoms with Crippen LogP contribution in [0.4, 0.5) is 5.69 Å². The number of ether oxygens (including phenoxy) is 1. The minimum Gasteiger partial charge on any atom is -0.390 e. The molecule has 9 nitrogen and oxygen atoms in total. The van der Waals surface area contributed by atoms with Gasteiger partial charge in [0.15, 0.2) is 11.2 Å². The minimum absolute atomic E-state index is 0.411. The Morgan fingerprint density at radius 3 is 2.28 bits per heavy atom. The van der Waals surface area contributed by atoms with Gasteiger partial charge in [0.05, 0.1) is 6.10 Å². The smallest absolute Gasteiger partial charge is 0.250 e. The van der Waals surface area contributed by atoms with Crippen LogP contribution in [-0.2, 0) is 14.8 Å². The van der Waals surface area contributed by atoms with Gasteiger partial charge in [-0.3, -0.25) is 0 Å². The summed E-state index contributed by atoms with van der Waals surface area (Å²) in [5, 5.41) is 39.3. The maximum Gasteiger partial charge on any atom is 0.250 e. The van der Waals surface area contributed by atoms with E-state index in [4.69, 9.17) is 4.74 Å². The van der Waals surface area contributed by atoms with Crippen molar-refractivity contribution in [2.45, 2.75) is 58.2 Å². The number of nitriles is 1. The first-order valence-electron chi connectivity index (χ1n) is 10.8. The summed E-state index contributed by atoms with van der Waals surface area (Å²) in [6.45, 7) is 7.15. The van der Waals surface area contributed by atoms with E-state index in [1.54, 1.807) is 18.2 Å². The number of anilines is 1. The number of aliphatic hydroxyl groups excluding tert-OH is 3. The Balaban J connectivity index is 2.12. The molecule has 0 saturated carbocycles. The molecule has 0 bridgehead atoms. The molecular formula is C22H33N3O6S. The first-order valence-corrected chi connectivity index (χ1v) is 12.3. The molecule has 32 heavy (non-hydrogen) atoms. The number of rotatable bonds is 10. The molecule has 2 rings (SSSR count). The van der Waals surface area contributed by atoms with Gasteiger partial charge < -0.3 is 25.0 Å². The lowest BCUT2D eigenvalue weighted by Gasteiger charge is -2.39. The fourth-order valence-corrected chi connectivity index (χ4v) is 4.48. The summed E-state index contributed by atoms with van der Waals surface area (Å²) in [7, 11) is -4.20. The molecule has 1 aliphatic rings. The van der Waals surface area contributed by atoms with Crippen molar-refractivity contribution in [3.63, 3.8) is 0 Å². The summed E-state index contributed by atoms with van der Waals surface area (Å²) in [5.74, 6) is -0.721. The molecule has 178 valence electrons. The monoisotopic (exact) mass is 467 g/mol. The molecule has 4 N–H and O–H groups in total. The molecule has 1 aromatic rings. The molecule has 0 spiro atoms. The summed E-state index contributed by atoms with van der Waals surface area (Å²) < 4.78 is 32.6. The number of aliphatic hydroxyl groups is 3. The second-order valence-electron chi connectivity index (χ2n) is 7.96. The van der Waals surface area contributed by atoms with Crippen molar-refractivity contribution in [2.75, 3.05) is 24.5 Å². The lowest BCUT2D eigenvalue weighted by atomic mass is 9.92. The van der Waals surface area contributed by atoms with Crippen LogP contribution in [0, 0.1) is 17.2 Å². The Labute approximate surface area is 190 Å². The first kappa shape index (κ1) is 26.3. The number of allylic oxidation sites excluding steroid dienone is 1. The third-order valence-electron chi connectivity index (χ3n) is 5.45. The molecule has 0 amide bonds. The van der Waals surface area contributed by atoms with Crippen molar-refractivity contribution in [3.8, 4) is 6.07 Å². The summed E-state index contributed by atoms with van der Waals surface area (Å²) in [6.07, 6.45) is -1.86. The van der Waals surface area contributed by atoms with Crippen molar-refractivity contribution in [3.05, 3.63) is 34.7 Å². The number of benzene rings is 1. The predicted octanol–water partition coefficient (Wildman–Crippen LogP) is 1.17. The van der Waals surface area contributed by atoms with Gasteiger partial charge in [-0.15, -0.1) is 0 Å². The molecule has 5 atom stereocenters. The van der Waals surface area contributed by atoms with Crippen LogP contribution in [0.1, 0.15) is 39.2 Å². The molecule has 1 aliphatic heterocycles. The second kappa shape index (κ2) is 11.7. The van der Waals surface area contributed by atoms with Crippen molar-refractivity contribution in [1.82, 2.24) is 4.72 Å². The SMILES string of the molecule is CCCN(CCC)c1ccc(/C=C(\C#N)S(=O)(=O)NC[C@H]2OC(O)[C@H](C)[C@@H](O)[C@@H]2O)cc1. The lowest BCUT2D eigenvalue weighted by Crippen LogP contribution is -2.56. The van der Waals surface area contributed by atoms with Crippen LogP contribution in [0.3, 0.4) is 0 Å². The molecule has 1 fully saturated rings. The Hall–Kier alpha value is -2.00. The molecular weight excluding hydrogens is 434 g/mol. The number of hydrogen-bond acceptors (Lipinski definition) is 8. The molecule has 1 unspecified atom stereocenters. The van der Waals surface area contributed by atoms with Crippen molar-refractivity contribution >= 4 is 21.8 Å². The van der Waals surface area contributed by atoms with E-state index in [1.165, 1.54) is 13.0 Å². The zero-order valence-corrected chi connectivity index (χ0v) is 19.5. The highest BCUT2D eigenvalue weighted by atomic mass is 32.2. The van der Waals surface area contributed by atoms with Gasteiger partial charge in [-0.25, -0.2) is 13.1 Å². The molecule has 1 aromatic carbocycles. The Bertz CT molecular complexity index is 907. The Morgan fingerprint density at radius 1 is 1.16 bits per heavy atom. The maximum atomic E-state index is 12.6. The first-order chi connectivity index (χ1) is 15.1. The summed E-state index contributed by atoms with van der Waals surface area (Å²) in [4.78, 5) is 1.75. The average Bonchev–Trinajstić information content (AvgIpc) is 2.77. The minimum atomic E-state index is -4.20. The van der Waals surface area contributed by atoms with Crippen LogP contribution in [0.2, 0.25) is 0 Å². The van der Waals surface area contributed by atoms with E-state index in [9.17, 15) is 29.0 Å². The molecule has 0 aliphatic carbocycles. The van der Waals surface area contributed by atoms with Crippen LogP contribution in [0.15, 0.2) is 29.2 Å². The van der Waals surface area contributed by atoms with Gasteiger partial charge in [-0.1, -0.05) is 32.9 Å². The standard InChI is InChI=1S/C22H33N3O6S/c1-4-10-25(11-5-2)17-8-6-16(7-9-17)12-18(13-23)32(29,30)24-14-19-21(27)20(26)15(3)22(28)31-19/h6-9,12,15,19-22,24,26-28H,4-5,10-11,14H2,1-3H3/b18-12+/t15-,19-,20-,21-,22?/m1/s1. The van der Waals surface area contributed by atoms with E-state index >= 15 is 0 Å². The van der Waals surface area contributed by atoms with Crippen LogP contribution in [-0.4, -0.2) is 68.0 Å². The van der Waals surface area contributed by atoms with Gasteiger partial charge in [-0.2, -0.15) is 5.26 Å². The quantitative estimate of drug-likeness (QED) is 0.376. The van der Waals surface area contributed by atoms with Crippen molar-refractivity contribution in [2.24, 2.45) is 5.92 Å². The molecule has 0 radical (unpaired) electrons. The highest BCUT2D eigenvalue weighted by Crippen LogP contribution is 2.24. The van der Waals surface area contributed by atoms with Gasteiger partial charge in [0, 0.05) is 31.2 Å². The van der Waals surface area contributed by atoms with Gasteiger partial charge >= 0.3 is 0 Å². The molecule has 0 aromatic heterocycles. The fourth-order valence-electron chi connectivity index (χ4n) is 3.53. The molecule has 1 saturated heterocycles. The third kappa shape index (κ3) is 6.51. The molecule has 1 heterocycles. The number of hydrogen-bond donors (Lipinski definition) is 4. The highest BCUT2D eigenvalue weighted by molar-refractivity contribution is 7.93. The van der Waals surface area contributed by atoms with Crippen molar-refractivity contribution in [1.29, 1.82) is 5.26 Å². The van der Waals surface area contributed by atoms with Gasteiger partial charge in [-0.05, 0) is 36.6 Å². The van der Waals surface area contributed by atoms with Gasteiger partial charge in [0.25, 0.3) is 10.0 Å². The lowest BCUT2D eigenvalue weighted by molar-refractivity contribution is -0.257. The van der Waals surface area contributed by atoms with Crippen LogP contribution in [0.25, 0.3) is 6.08 Å². The second-order valence-corrected chi connectivity index (χ2v) is 9.69. The average molecular weight is 468 g/mol. The van der Waals surface area contributed by atoms with E-state index in [0.717, 1.165) is 31.6 Å². The number of nitrogens with zero attached hydrogens (tertiary/aromatic N) is 2. The summed E-state index contributed by atoms with van der Waals surface area (Å²) in [5.41, 5.74) is 1.58. The van der Waals surface area contributed by atoms with E-state index in [0.29, 0.717) is 5.56 Å². The van der Waals surface area contributed by atoms with Crippen molar-refractivity contribution < 1.29 is 28.5 Å². The fraction of sp³-hybridized carbons (Fsp3) is 0.591. The summed E-state index contributed by atoms with van der Waals surface area (Å²) >= 11 is 0. The molecule has 10 heteroatoms. The van der Waals surface area contributed by atoms with Crippen LogP contribution < -0.4 is 9.62 Å². The predicted molar refractivity (Wildman–Crippen MR) is 122 cm³/mol. The van der Waals surface area contributed by atoms with Gasteiger partial charge in [0.1, 0.15) is 18.3 Å². The zero-order chi connectivity index (χ0) is 23.9. The maximum absolute atomic E-state index is 12.6. The summed E-state index contributed by atoms with van der Waals surface area (Å²) in [6, 6.07) is 8.98. The third-order valence-corrected chi connectivity index (χ3v) is 6.79. The van der Waals surface area contributed by atoms with E-state index in [2.05, 4.69) is 23.5 Å². The number of sulfonamides is 1. The van der Waals surface area contributed by atoms with Crippen LogP contribution >= 0.6 is 0 Å². The van der Waals surface area contributed by atoms with E-state index in [1.807, 2.05) is 12.1 Å². The van der Waals surface area contributed by atoms with E-state index in [-0.39, 0.29) is 0 Å². The largest absolute Gasteiger partial charge is 0.390 e. The van der Waals surface area contributed by atoms with E-state index < -0.39 is 52.0 Å². The number of nitrogens with one attached hydrogen (secondary N) is 1. The van der Waals surface area contributed by atoms with Crippen LogP contribution in [0.5, 0.6) is 0 Å². The Kier molecular flexibility index (Phi) is 9.64. The topological polar surface area (TPSA) is 143 Å². The normalized spacial score (nSPS) is 26.5. The highest BCUT2D eigenvalue weighted by Gasteiger charge is 2.41. The van der Waals surface area contributed by atoms with Gasteiger partial charge in [0.2, 0.25) is 0 Å². The Morgan fingerprint density at radius 2 is 1.75 bits per heavy atom.